The molecule has 0 aliphatic rings. The summed E-state index contributed by atoms with van der Waals surface area (Å²) in [4.78, 5) is 0. The molecule has 0 bridgehead atoms. The van der Waals surface area contributed by atoms with Crippen LogP contribution < -0.4 is 15.5 Å². The average molecular weight is 313 g/mol. The maximum absolute atomic E-state index is 5.67. The van der Waals surface area contributed by atoms with E-state index in [2.05, 4.69) is 22.8 Å². The van der Waals surface area contributed by atoms with Crippen molar-refractivity contribution in [1.82, 2.24) is 5.43 Å². The van der Waals surface area contributed by atoms with Crippen LogP contribution >= 0.6 is 12.2 Å². The number of benzene rings is 2. The lowest BCUT2D eigenvalue weighted by Crippen LogP contribution is -2.23. The van der Waals surface area contributed by atoms with Crippen molar-refractivity contribution in [2.75, 3.05) is 11.9 Å². The molecule has 0 fully saturated rings. The van der Waals surface area contributed by atoms with Crippen molar-refractivity contribution in [2.45, 2.75) is 13.3 Å². The van der Waals surface area contributed by atoms with Gasteiger partial charge in [0.1, 0.15) is 5.75 Å². The molecular formula is C17H19N3OS. The van der Waals surface area contributed by atoms with Crippen LogP contribution in [0.1, 0.15) is 18.9 Å². The quantitative estimate of drug-likeness (QED) is 0.484. The summed E-state index contributed by atoms with van der Waals surface area (Å²) in [5, 5.41) is 7.64. The first-order valence-corrected chi connectivity index (χ1v) is 7.57. The Balaban J connectivity index is 1.91. The number of hydrogen-bond donors (Lipinski definition) is 2. The molecule has 5 heteroatoms. The zero-order valence-electron chi connectivity index (χ0n) is 12.5. The first-order valence-electron chi connectivity index (χ1n) is 7.16. The van der Waals surface area contributed by atoms with E-state index in [1.54, 1.807) is 6.21 Å². The van der Waals surface area contributed by atoms with Gasteiger partial charge in [-0.3, -0.25) is 5.43 Å². The van der Waals surface area contributed by atoms with E-state index in [0.717, 1.165) is 23.4 Å². The van der Waals surface area contributed by atoms with Gasteiger partial charge in [0.2, 0.25) is 0 Å². The molecule has 0 unspecified atom stereocenters. The van der Waals surface area contributed by atoms with Gasteiger partial charge in [-0.15, -0.1) is 0 Å². The minimum atomic E-state index is 0.439. The fraction of sp³-hybridized carbons (Fsp3) is 0.176. The van der Waals surface area contributed by atoms with Crippen LogP contribution in [0.4, 0.5) is 5.69 Å². The van der Waals surface area contributed by atoms with E-state index < -0.39 is 0 Å². The molecule has 0 aliphatic carbocycles. The van der Waals surface area contributed by atoms with Crippen molar-refractivity contribution < 1.29 is 4.74 Å². The Kier molecular flexibility index (Phi) is 6.39. The summed E-state index contributed by atoms with van der Waals surface area (Å²) in [5.74, 6) is 0.817. The third-order valence-corrected chi connectivity index (χ3v) is 2.98. The minimum absolute atomic E-state index is 0.439. The molecular weight excluding hydrogens is 294 g/mol. The van der Waals surface area contributed by atoms with Gasteiger partial charge in [0, 0.05) is 11.3 Å². The second-order valence-corrected chi connectivity index (χ2v) is 4.98. The Labute approximate surface area is 136 Å². The second-order valence-electron chi connectivity index (χ2n) is 4.58. The Morgan fingerprint density at radius 1 is 1.14 bits per heavy atom. The third-order valence-electron chi connectivity index (χ3n) is 2.78. The zero-order chi connectivity index (χ0) is 15.6. The standard InChI is InChI=1S/C17H19N3OS/c1-2-12-21-16-11-7-6-8-14(16)13-18-20-17(22)19-15-9-4-3-5-10-15/h3-11,13H,2,12H2,1H3,(H2,19,20,22). The Bertz CT molecular complexity index is 629. The van der Waals surface area contributed by atoms with Gasteiger partial charge in [-0.2, -0.15) is 5.10 Å². The van der Waals surface area contributed by atoms with Crippen LogP contribution in [0, 0.1) is 0 Å². The number of nitrogens with zero attached hydrogens (tertiary/aromatic N) is 1. The molecule has 2 rings (SSSR count). The Morgan fingerprint density at radius 2 is 1.86 bits per heavy atom. The first kappa shape index (κ1) is 16.0. The van der Waals surface area contributed by atoms with Gasteiger partial charge in [0.05, 0.1) is 12.8 Å². The number of rotatable bonds is 6. The van der Waals surface area contributed by atoms with E-state index in [-0.39, 0.29) is 0 Å². The molecule has 0 saturated carbocycles. The molecule has 114 valence electrons. The summed E-state index contributed by atoms with van der Waals surface area (Å²) >= 11 is 5.19. The summed E-state index contributed by atoms with van der Waals surface area (Å²) in [6.45, 7) is 2.76. The van der Waals surface area contributed by atoms with Gasteiger partial charge in [-0.1, -0.05) is 37.3 Å². The highest BCUT2D eigenvalue weighted by Gasteiger charge is 2.00. The normalized spacial score (nSPS) is 10.4. The Morgan fingerprint density at radius 3 is 2.64 bits per heavy atom. The van der Waals surface area contributed by atoms with Gasteiger partial charge < -0.3 is 10.1 Å². The van der Waals surface area contributed by atoms with Gasteiger partial charge >= 0.3 is 0 Å². The zero-order valence-corrected chi connectivity index (χ0v) is 13.3. The van der Waals surface area contributed by atoms with Crippen molar-refractivity contribution in [2.24, 2.45) is 5.10 Å². The van der Waals surface area contributed by atoms with Crippen LogP contribution in [-0.2, 0) is 0 Å². The summed E-state index contributed by atoms with van der Waals surface area (Å²) in [5.41, 5.74) is 4.62. The summed E-state index contributed by atoms with van der Waals surface area (Å²) in [6, 6.07) is 17.5. The molecule has 0 aromatic heterocycles. The largest absolute Gasteiger partial charge is 0.493 e. The van der Waals surface area contributed by atoms with Crippen LogP contribution in [-0.4, -0.2) is 17.9 Å². The molecule has 0 radical (unpaired) electrons. The molecule has 0 heterocycles. The first-order chi connectivity index (χ1) is 10.8. The van der Waals surface area contributed by atoms with Crippen molar-refractivity contribution in [3.8, 4) is 5.75 Å². The number of nitrogens with one attached hydrogen (secondary N) is 2. The van der Waals surface area contributed by atoms with Crippen LogP contribution in [0.15, 0.2) is 59.7 Å². The molecule has 2 aromatic carbocycles. The van der Waals surface area contributed by atoms with Crippen LogP contribution in [0.25, 0.3) is 0 Å². The predicted molar refractivity (Wildman–Crippen MR) is 95.6 cm³/mol. The highest BCUT2D eigenvalue weighted by atomic mass is 32.1. The molecule has 0 spiro atoms. The highest BCUT2D eigenvalue weighted by molar-refractivity contribution is 7.80. The molecule has 2 N–H and O–H groups in total. The third kappa shape index (κ3) is 5.18. The second kappa shape index (κ2) is 8.79. The van der Waals surface area contributed by atoms with Gasteiger partial charge in [-0.05, 0) is 42.9 Å². The summed E-state index contributed by atoms with van der Waals surface area (Å²) < 4.78 is 5.67. The number of ether oxygens (including phenoxy) is 1. The molecule has 4 nitrogen and oxygen atoms in total. The van der Waals surface area contributed by atoms with E-state index in [4.69, 9.17) is 17.0 Å². The predicted octanol–water partition coefficient (Wildman–Crippen LogP) is 3.80. The van der Waals surface area contributed by atoms with Crippen molar-refractivity contribution >= 4 is 29.2 Å². The van der Waals surface area contributed by atoms with Gasteiger partial charge in [-0.25, -0.2) is 0 Å². The molecule has 22 heavy (non-hydrogen) atoms. The monoisotopic (exact) mass is 313 g/mol. The van der Waals surface area contributed by atoms with Gasteiger partial charge in [0.25, 0.3) is 0 Å². The molecule has 0 amide bonds. The fourth-order valence-electron chi connectivity index (χ4n) is 1.77. The maximum atomic E-state index is 5.67. The highest BCUT2D eigenvalue weighted by Crippen LogP contribution is 2.15. The van der Waals surface area contributed by atoms with E-state index in [1.807, 2.05) is 54.6 Å². The summed E-state index contributed by atoms with van der Waals surface area (Å²) in [7, 11) is 0. The van der Waals surface area contributed by atoms with Crippen molar-refractivity contribution in [3.05, 3.63) is 60.2 Å². The van der Waals surface area contributed by atoms with Gasteiger partial charge in [0.15, 0.2) is 5.11 Å². The lowest BCUT2D eigenvalue weighted by atomic mass is 10.2. The maximum Gasteiger partial charge on any atom is 0.191 e. The number of para-hydroxylation sites is 2. The van der Waals surface area contributed by atoms with Crippen LogP contribution in [0.5, 0.6) is 5.75 Å². The van der Waals surface area contributed by atoms with Crippen molar-refractivity contribution in [1.29, 1.82) is 0 Å². The molecule has 2 aromatic rings. The smallest absolute Gasteiger partial charge is 0.191 e. The van der Waals surface area contributed by atoms with E-state index in [0.29, 0.717) is 11.7 Å². The van der Waals surface area contributed by atoms with E-state index in [9.17, 15) is 0 Å². The SMILES string of the molecule is CCCOc1ccccc1C=NNC(=S)Nc1ccccc1. The lowest BCUT2D eigenvalue weighted by molar-refractivity contribution is 0.317. The fourth-order valence-corrected chi connectivity index (χ4v) is 1.94. The molecule has 0 saturated heterocycles. The van der Waals surface area contributed by atoms with Crippen LogP contribution in [0.3, 0.4) is 0 Å². The summed E-state index contributed by atoms with van der Waals surface area (Å²) in [6.07, 6.45) is 2.67. The van der Waals surface area contributed by atoms with Crippen LogP contribution in [0.2, 0.25) is 0 Å². The Hall–Kier alpha value is -2.40. The number of anilines is 1. The molecule has 0 aliphatic heterocycles. The van der Waals surface area contributed by atoms with E-state index in [1.165, 1.54) is 0 Å². The molecule has 0 atom stereocenters. The van der Waals surface area contributed by atoms with Crippen molar-refractivity contribution in [3.63, 3.8) is 0 Å². The number of hydrogen-bond acceptors (Lipinski definition) is 3. The topological polar surface area (TPSA) is 45.6 Å². The lowest BCUT2D eigenvalue weighted by Gasteiger charge is -2.08. The van der Waals surface area contributed by atoms with E-state index >= 15 is 0 Å². The average Bonchev–Trinajstić information content (AvgIpc) is 2.55. The minimum Gasteiger partial charge on any atom is -0.493 e. The number of hydrazone groups is 1. The number of thiocarbonyl (C=S) groups is 1.